The standard InChI is InChI=1S/C12H17BF2/c1-8(15)10-4-9(7-14)5-11(6-10)12(2,3)13/h4-6,8H,7,13H2,1-3H3. The first-order chi connectivity index (χ1) is 6.84. The second-order valence-electron chi connectivity index (χ2n) is 4.96. The second-order valence-corrected chi connectivity index (χ2v) is 4.96. The first-order valence-electron chi connectivity index (χ1n) is 5.19. The van der Waals surface area contributed by atoms with Gasteiger partial charge in [-0.05, 0) is 28.9 Å². The van der Waals surface area contributed by atoms with Gasteiger partial charge in [-0.15, -0.1) is 0 Å². The van der Waals surface area contributed by atoms with Gasteiger partial charge >= 0.3 is 0 Å². The third kappa shape index (κ3) is 3.05. The molecule has 1 atom stereocenters. The highest BCUT2D eigenvalue weighted by molar-refractivity contribution is 6.15. The predicted octanol–water partition coefficient (Wildman–Crippen LogP) is 3.05. The van der Waals surface area contributed by atoms with E-state index in [1.54, 1.807) is 6.07 Å². The highest BCUT2D eigenvalue weighted by Gasteiger charge is 2.16. The molecule has 0 N–H and O–H groups in total. The van der Waals surface area contributed by atoms with E-state index in [1.165, 1.54) is 6.92 Å². The van der Waals surface area contributed by atoms with E-state index in [4.69, 9.17) is 0 Å². The molecule has 0 heterocycles. The Morgan fingerprint density at radius 1 is 1.33 bits per heavy atom. The van der Waals surface area contributed by atoms with Crippen LogP contribution < -0.4 is 0 Å². The molecule has 0 saturated heterocycles. The van der Waals surface area contributed by atoms with Crippen LogP contribution >= 0.6 is 0 Å². The van der Waals surface area contributed by atoms with Crippen molar-refractivity contribution in [1.82, 2.24) is 0 Å². The number of rotatable bonds is 3. The van der Waals surface area contributed by atoms with E-state index in [1.807, 2.05) is 33.8 Å². The van der Waals surface area contributed by atoms with Gasteiger partial charge < -0.3 is 0 Å². The minimum Gasteiger partial charge on any atom is -0.246 e. The molecule has 0 nitrogen and oxygen atoms in total. The van der Waals surface area contributed by atoms with Crippen molar-refractivity contribution in [2.75, 3.05) is 0 Å². The molecular formula is C12H17BF2. The Morgan fingerprint density at radius 2 is 1.93 bits per heavy atom. The molecule has 82 valence electrons. The van der Waals surface area contributed by atoms with Gasteiger partial charge in [0, 0.05) is 0 Å². The van der Waals surface area contributed by atoms with Crippen molar-refractivity contribution in [1.29, 1.82) is 0 Å². The third-order valence-corrected chi connectivity index (χ3v) is 2.49. The Morgan fingerprint density at radius 3 is 2.33 bits per heavy atom. The quantitative estimate of drug-likeness (QED) is 0.672. The lowest BCUT2D eigenvalue weighted by Crippen LogP contribution is -2.17. The molecule has 1 aromatic rings. The van der Waals surface area contributed by atoms with Gasteiger partial charge in [0.2, 0.25) is 0 Å². The predicted molar refractivity (Wildman–Crippen MR) is 62.3 cm³/mol. The van der Waals surface area contributed by atoms with Crippen LogP contribution in [-0.2, 0) is 12.0 Å². The number of halogens is 2. The van der Waals surface area contributed by atoms with Gasteiger partial charge in [-0.1, -0.05) is 32.0 Å². The van der Waals surface area contributed by atoms with Crippen molar-refractivity contribution in [3.63, 3.8) is 0 Å². The molecule has 1 unspecified atom stereocenters. The van der Waals surface area contributed by atoms with Crippen LogP contribution in [0.15, 0.2) is 18.2 Å². The van der Waals surface area contributed by atoms with Gasteiger partial charge in [0.1, 0.15) is 20.7 Å². The fraction of sp³-hybridized carbons (Fsp3) is 0.500. The smallest absolute Gasteiger partial charge is 0.122 e. The van der Waals surface area contributed by atoms with Crippen LogP contribution in [0.25, 0.3) is 0 Å². The molecule has 0 aliphatic rings. The van der Waals surface area contributed by atoms with Gasteiger partial charge in [0.15, 0.2) is 0 Å². The minimum atomic E-state index is -1.04. The van der Waals surface area contributed by atoms with Crippen molar-refractivity contribution in [2.45, 2.75) is 38.9 Å². The van der Waals surface area contributed by atoms with Crippen LogP contribution in [0.1, 0.15) is 43.6 Å². The normalized spacial score (nSPS) is 13.9. The maximum Gasteiger partial charge on any atom is 0.122 e. The molecule has 0 aromatic heterocycles. The highest BCUT2D eigenvalue weighted by Crippen LogP contribution is 2.26. The average molecular weight is 210 g/mol. The molecule has 0 spiro atoms. The third-order valence-electron chi connectivity index (χ3n) is 2.49. The van der Waals surface area contributed by atoms with Crippen LogP contribution in [0.2, 0.25) is 0 Å². The molecular weight excluding hydrogens is 193 g/mol. The summed E-state index contributed by atoms with van der Waals surface area (Å²) < 4.78 is 25.8. The molecule has 0 saturated carbocycles. The SMILES string of the molecule is BC(C)(C)c1cc(CF)cc(C(C)F)c1. The summed E-state index contributed by atoms with van der Waals surface area (Å²) in [5, 5.41) is -0.0746. The molecule has 0 fully saturated rings. The lowest BCUT2D eigenvalue weighted by molar-refractivity contribution is 0.373. The zero-order valence-corrected chi connectivity index (χ0v) is 9.77. The van der Waals surface area contributed by atoms with Crippen LogP contribution in [0.5, 0.6) is 0 Å². The first kappa shape index (κ1) is 12.2. The molecule has 0 radical (unpaired) electrons. The zero-order valence-electron chi connectivity index (χ0n) is 9.77. The Bertz CT molecular complexity index is 340. The summed E-state index contributed by atoms with van der Waals surface area (Å²) in [6.07, 6.45) is -1.04. The number of benzene rings is 1. The Balaban J connectivity index is 3.23. The van der Waals surface area contributed by atoms with Crippen molar-refractivity contribution < 1.29 is 8.78 Å². The number of hydrogen-bond acceptors (Lipinski definition) is 0. The largest absolute Gasteiger partial charge is 0.246 e. The first-order valence-corrected chi connectivity index (χ1v) is 5.19. The monoisotopic (exact) mass is 210 g/mol. The molecule has 1 rings (SSSR count). The van der Waals surface area contributed by atoms with Crippen molar-refractivity contribution in [3.05, 3.63) is 34.9 Å². The molecule has 0 amide bonds. The fourth-order valence-electron chi connectivity index (χ4n) is 1.46. The molecule has 0 aliphatic heterocycles. The average Bonchev–Trinajstić information content (AvgIpc) is 2.15. The maximum atomic E-state index is 13.2. The zero-order chi connectivity index (χ0) is 11.6. The van der Waals surface area contributed by atoms with E-state index in [0.717, 1.165) is 5.56 Å². The molecule has 3 heteroatoms. The van der Waals surface area contributed by atoms with E-state index >= 15 is 0 Å². The van der Waals surface area contributed by atoms with Gasteiger partial charge in [-0.2, -0.15) is 0 Å². The van der Waals surface area contributed by atoms with Crippen molar-refractivity contribution in [3.8, 4) is 0 Å². The van der Waals surface area contributed by atoms with Crippen LogP contribution in [0.4, 0.5) is 8.78 Å². The van der Waals surface area contributed by atoms with Crippen LogP contribution in [0.3, 0.4) is 0 Å². The number of hydrogen-bond donors (Lipinski definition) is 0. The lowest BCUT2D eigenvalue weighted by Gasteiger charge is -2.21. The number of alkyl halides is 2. The van der Waals surface area contributed by atoms with E-state index in [0.29, 0.717) is 11.1 Å². The molecule has 0 bridgehead atoms. The molecule has 15 heavy (non-hydrogen) atoms. The van der Waals surface area contributed by atoms with Gasteiger partial charge in [-0.25, -0.2) is 8.78 Å². The summed E-state index contributed by atoms with van der Waals surface area (Å²) in [4.78, 5) is 0. The van der Waals surface area contributed by atoms with Gasteiger partial charge in [0.25, 0.3) is 0 Å². The minimum absolute atomic E-state index is 0.0746. The summed E-state index contributed by atoms with van der Waals surface area (Å²) in [6.45, 7) is 5.02. The fourth-order valence-corrected chi connectivity index (χ4v) is 1.46. The lowest BCUT2D eigenvalue weighted by atomic mass is 9.67. The van der Waals surface area contributed by atoms with Crippen molar-refractivity contribution in [2.24, 2.45) is 0 Å². The van der Waals surface area contributed by atoms with Gasteiger partial charge in [-0.3, -0.25) is 0 Å². The van der Waals surface area contributed by atoms with E-state index < -0.39 is 12.8 Å². The molecule has 1 aromatic carbocycles. The second kappa shape index (κ2) is 4.34. The summed E-state index contributed by atoms with van der Waals surface area (Å²) >= 11 is 0. The maximum absolute atomic E-state index is 13.2. The van der Waals surface area contributed by atoms with Crippen LogP contribution in [-0.4, -0.2) is 7.85 Å². The summed E-state index contributed by atoms with van der Waals surface area (Å²) in [5.74, 6) is 0. The summed E-state index contributed by atoms with van der Waals surface area (Å²) in [7, 11) is 2.04. The Kier molecular flexibility index (Phi) is 3.53. The topological polar surface area (TPSA) is 0 Å². The Hall–Kier alpha value is -0.855. The highest BCUT2D eigenvalue weighted by atomic mass is 19.1. The van der Waals surface area contributed by atoms with E-state index in [9.17, 15) is 8.78 Å². The van der Waals surface area contributed by atoms with E-state index in [-0.39, 0.29) is 5.31 Å². The van der Waals surface area contributed by atoms with E-state index in [2.05, 4.69) is 0 Å². The van der Waals surface area contributed by atoms with Crippen LogP contribution in [0, 0.1) is 0 Å². The molecule has 0 aliphatic carbocycles. The van der Waals surface area contributed by atoms with Gasteiger partial charge in [0.05, 0.1) is 0 Å². The van der Waals surface area contributed by atoms with Crippen molar-refractivity contribution >= 4 is 7.85 Å². The summed E-state index contributed by atoms with van der Waals surface area (Å²) in [6, 6.07) is 5.23. The Labute approximate surface area is 91.1 Å². The summed E-state index contributed by atoms with van der Waals surface area (Å²) in [5.41, 5.74) is 2.11.